The van der Waals surface area contributed by atoms with Gasteiger partial charge in [-0.3, -0.25) is 0 Å². The van der Waals surface area contributed by atoms with Crippen LogP contribution in [0.5, 0.6) is 0 Å². The van der Waals surface area contributed by atoms with E-state index >= 15 is 0 Å². The van der Waals surface area contributed by atoms with Crippen LogP contribution in [0.3, 0.4) is 0 Å². The highest BCUT2D eigenvalue weighted by molar-refractivity contribution is 5.10. The molecule has 3 nitrogen and oxygen atoms in total. The van der Waals surface area contributed by atoms with Crippen LogP contribution in [-0.4, -0.2) is 11.7 Å². The number of unbranched alkanes of at least 4 members (excludes halogenated alkanes) is 1. The molecule has 1 rings (SSSR count). The van der Waals surface area contributed by atoms with Crippen LogP contribution in [0.25, 0.3) is 0 Å². The van der Waals surface area contributed by atoms with E-state index in [2.05, 4.69) is 6.92 Å². The molecule has 0 bridgehead atoms. The lowest BCUT2D eigenvalue weighted by molar-refractivity contribution is 0.279. The SMILES string of the molecule is CCc1ccc([C@H](N)CCCCO)o1. The molecule has 0 unspecified atom stereocenters. The van der Waals surface area contributed by atoms with Crippen LogP contribution in [0.1, 0.15) is 43.7 Å². The third kappa shape index (κ3) is 3.16. The summed E-state index contributed by atoms with van der Waals surface area (Å²) < 4.78 is 5.54. The molecule has 0 radical (unpaired) electrons. The van der Waals surface area contributed by atoms with E-state index in [0.717, 1.165) is 37.2 Å². The molecule has 0 saturated heterocycles. The number of aryl methyl sites for hydroxylation is 1. The Morgan fingerprint density at radius 1 is 1.43 bits per heavy atom. The van der Waals surface area contributed by atoms with E-state index in [0.29, 0.717) is 0 Å². The minimum Gasteiger partial charge on any atom is -0.464 e. The maximum absolute atomic E-state index is 8.63. The van der Waals surface area contributed by atoms with Crippen LogP contribution >= 0.6 is 0 Å². The summed E-state index contributed by atoms with van der Waals surface area (Å²) in [4.78, 5) is 0. The van der Waals surface area contributed by atoms with Crippen molar-refractivity contribution in [2.45, 2.75) is 38.6 Å². The molecule has 1 atom stereocenters. The molecule has 1 aromatic rings. The van der Waals surface area contributed by atoms with Crippen LogP contribution in [0.4, 0.5) is 0 Å². The molecule has 0 saturated carbocycles. The van der Waals surface area contributed by atoms with Gasteiger partial charge in [-0.05, 0) is 31.4 Å². The van der Waals surface area contributed by atoms with Crippen molar-refractivity contribution in [1.82, 2.24) is 0 Å². The Bertz CT molecular complexity index is 258. The van der Waals surface area contributed by atoms with Gasteiger partial charge in [0.1, 0.15) is 11.5 Å². The first-order valence-electron chi connectivity index (χ1n) is 5.23. The third-order valence-corrected chi connectivity index (χ3v) is 2.32. The fourth-order valence-electron chi connectivity index (χ4n) is 1.40. The average molecular weight is 197 g/mol. The molecule has 14 heavy (non-hydrogen) atoms. The molecule has 0 aliphatic heterocycles. The smallest absolute Gasteiger partial charge is 0.120 e. The van der Waals surface area contributed by atoms with E-state index < -0.39 is 0 Å². The van der Waals surface area contributed by atoms with Gasteiger partial charge in [-0.15, -0.1) is 0 Å². The van der Waals surface area contributed by atoms with Crippen molar-refractivity contribution in [3.05, 3.63) is 23.7 Å². The van der Waals surface area contributed by atoms with Crippen LogP contribution in [0, 0.1) is 0 Å². The number of furan rings is 1. The number of aliphatic hydroxyl groups is 1. The van der Waals surface area contributed by atoms with Gasteiger partial charge in [0.2, 0.25) is 0 Å². The summed E-state index contributed by atoms with van der Waals surface area (Å²) in [6.45, 7) is 2.30. The average Bonchev–Trinajstić information content (AvgIpc) is 2.66. The number of nitrogens with two attached hydrogens (primary N) is 1. The van der Waals surface area contributed by atoms with Crippen molar-refractivity contribution in [1.29, 1.82) is 0 Å². The quantitative estimate of drug-likeness (QED) is 0.686. The molecule has 80 valence electrons. The molecule has 1 heterocycles. The molecule has 0 spiro atoms. The van der Waals surface area contributed by atoms with E-state index in [-0.39, 0.29) is 12.6 Å². The highest BCUT2D eigenvalue weighted by atomic mass is 16.3. The van der Waals surface area contributed by atoms with E-state index in [4.69, 9.17) is 15.3 Å². The van der Waals surface area contributed by atoms with E-state index in [9.17, 15) is 0 Å². The maximum Gasteiger partial charge on any atom is 0.120 e. The van der Waals surface area contributed by atoms with Gasteiger partial charge >= 0.3 is 0 Å². The van der Waals surface area contributed by atoms with E-state index in [1.165, 1.54) is 0 Å². The fraction of sp³-hybridized carbons (Fsp3) is 0.636. The lowest BCUT2D eigenvalue weighted by Gasteiger charge is -2.07. The first kappa shape index (κ1) is 11.3. The summed E-state index contributed by atoms with van der Waals surface area (Å²) in [6, 6.07) is 3.89. The number of rotatable bonds is 6. The fourth-order valence-corrected chi connectivity index (χ4v) is 1.40. The van der Waals surface area contributed by atoms with E-state index in [1.54, 1.807) is 0 Å². The highest BCUT2D eigenvalue weighted by Crippen LogP contribution is 2.19. The lowest BCUT2D eigenvalue weighted by atomic mass is 10.1. The second kappa shape index (κ2) is 5.83. The molecule has 0 aromatic carbocycles. The van der Waals surface area contributed by atoms with Gasteiger partial charge < -0.3 is 15.3 Å². The Morgan fingerprint density at radius 2 is 2.21 bits per heavy atom. The van der Waals surface area contributed by atoms with Gasteiger partial charge in [0.25, 0.3) is 0 Å². The second-order valence-corrected chi connectivity index (χ2v) is 3.48. The summed E-state index contributed by atoms with van der Waals surface area (Å²) >= 11 is 0. The van der Waals surface area contributed by atoms with Crippen LogP contribution in [0.15, 0.2) is 16.5 Å². The number of hydrogen-bond acceptors (Lipinski definition) is 3. The largest absolute Gasteiger partial charge is 0.464 e. The maximum atomic E-state index is 8.63. The highest BCUT2D eigenvalue weighted by Gasteiger charge is 2.09. The number of hydrogen-bond donors (Lipinski definition) is 2. The molecule has 3 N–H and O–H groups in total. The van der Waals surface area contributed by atoms with E-state index in [1.807, 2.05) is 12.1 Å². The predicted octanol–water partition coefficient (Wildman–Crippen LogP) is 2.00. The van der Waals surface area contributed by atoms with Crippen molar-refractivity contribution >= 4 is 0 Å². The van der Waals surface area contributed by atoms with Gasteiger partial charge in [-0.2, -0.15) is 0 Å². The Hall–Kier alpha value is -0.800. The summed E-state index contributed by atoms with van der Waals surface area (Å²) in [5.74, 6) is 1.84. The number of aliphatic hydroxyl groups excluding tert-OH is 1. The van der Waals surface area contributed by atoms with Crippen molar-refractivity contribution in [2.24, 2.45) is 5.73 Å². The molecule has 0 aliphatic carbocycles. The standard InChI is InChI=1S/C11H19NO2/c1-2-9-6-7-11(14-9)10(12)5-3-4-8-13/h6-7,10,13H,2-5,8,12H2,1H3/t10-/m1/s1. The molecule has 1 aromatic heterocycles. The van der Waals surface area contributed by atoms with Gasteiger partial charge in [-0.1, -0.05) is 6.92 Å². The lowest BCUT2D eigenvalue weighted by Crippen LogP contribution is -2.09. The second-order valence-electron chi connectivity index (χ2n) is 3.48. The zero-order valence-electron chi connectivity index (χ0n) is 8.70. The molecular weight excluding hydrogens is 178 g/mol. The van der Waals surface area contributed by atoms with Gasteiger partial charge in [0, 0.05) is 13.0 Å². The first-order valence-corrected chi connectivity index (χ1v) is 5.23. The summed E-state index contributed by atoms with van der Waals surface area (Å²) in [5.41, 5.74) is 5.93. The topological polar surface area (TPSA) is 59.4 Å². The normalized spacial score (nSPS) is 13.1. The summed E-state index contributed by atoms with van der Waals surface area (Å²) in [5, 5.41) is 8.63. The molecule has 0 fully saturated rings. The van der Waals surface area contributed by atoms with Crippen molar-refractivity contribution in [3.63, 3.8) is 0 Å². The van der Waals surface area contributed by atoms with Gasteiger partial charge in [0.15, 0.2) is 0 Å². The third-order valence-electron chi connectivity index (χ3n) is 2.32. The Labute approximate surface area is 84.9 Å². The van der Waals surface area contributed by atoms with Crippen LogP contribution in [0.2, 0.25) is 0 Å². The predicted molar refractivity (Wildman–Crippen MR) is 56.0 cm³/mol. The van der Waals surface area contributed by atoms with Crippen molar-refractivity contribution in [3.8, 4) is 0 Å². The van der Waals surface area contributed by atoms with Crippen molar-refractivity contribution < 1.29 is 9.52 Å². The van der Waals surface area contributed by atoms with Gasteiger partial charge in [-0.25, -0.2) is 0 Å². The Kier molecular flexibility index (Phi) is 4.70. The zero-order valence-corrected chi connectivity index (χ0v) is 8.70. The summed E-state index contributed by atoms with van der Waals surface area (Å²) in [6.07, 6.45) is 3.54. The monoisotopic (exact) mass is 197 g/mol. The van der Waals surface area contributed by atoms with Crippen LogP contribution < -0.4 is 5.73 Å². The summed E-state index contributed by atoms with van der Waals surface area (Å²) in [7, 11) is 0. The van der Waals surface area contributed by atoms with Crippen LogP contribution in [-0.2, 0) is 6.42 Å². The Balaban J connectivity index is 2.39. The molecule has 0 aliphatic rings. The zero-order chi connectivity index (χ0) is 10.4. The molecule has 3 heteroatoms. The molecule has 0 amide bonds. The minimum absolute atomic E-state index is 0.0261. The first-order chi connectivity index (χ1) is 6.77. The minimum atomic E-state index is -0.0261. The molecular formula is C11H19NO2. The van der Waals surface area contributed by atoms with Crippen molar-refractivity contribution in [2.75, 3.05) is 6.61 Å². The Morgan fingerprint density at radius 3 is 2.79 bits per heavy atom. The van der Waals surface area contributed by atoms with Gasteiger partial charge in [0.05, 0.1) is 6.04 Å².